The van der Waals surface area contributed by atoms with Crippen LogP contribution in [0, 0.1) is 0 Å². The molecule has 0 radical (unpaired) electrons. The lowest BCUT2D eigenvalue weighted by molar-refractivity contribution is 0.719. The van der Waals surface area contributed by atoms with E-state index in [4.69, 9.17) is 0 Å². The highest BCUT2D eigenvalue weighted by molar-refractivity contribution is 5.45. The first-order chi connectivity index (χ1) is 10.8. The van der Waals surface area contributed by atoms with Crippen molar-refractivity contribution in [1.29, 1.82) is 0 Å². The van der Waals surface area contributed by atoms with Gasteiger partial charge in [0.15, 0.2) is 0 Å². The van der Waals surface area contributed by atoms with Crippen molar-refractivity contribution in [1.82, 2.24) is 8.97 Å². The number of nitrogens with zero attached hydrogens (tertiary/aromatic N) is 2. The molecule has 0 N–H and O–H groups in total. The van der Waals surface area contributed by atoms with Gasteiger partial charge in [-0.1, -0.05) is 37.1 Å². The number of fused-ring (bicyclic) bond motifs is 1. The van der Waals surface area contributed by atoms with Gasteiger partial charge in [-0.2, -0.15) is 0 Å². The van der Waals surface area contributed by atoms with Crippen molar-refractivity contribution in [3.8, 4) is 0 Å². The minimum absolute atomic E-state index is 0.0624. The first-order valence-corrected chi connectivity index (χ1v) is 8.06. The fraction of sp³-hybridized carbons (Fsp3) is 0.316. The lowest BCUT2D eigenvalue weighted by Crippen LogP contribution is -2.21. The minimum atomic E-state index is 0.0624. The number of hydrogen-bond acceptors (Lipinski definition) is 1. The Balaban J connectivity index is 1.59. The molecule has 0 atom stereocenters. The molecule has 0 unspecified atom stereocenters. The molecular formula is C19H20N2O. The fourth-order valence-electron chi connectivity index (χ4n) is 3.55. The third-order valence-corrected chi connectivity index (χ3v) is 4.83. The van der Waals surface area contributed by atoms with E-state index in [-0.39, 0.29) is 5.56 Å². The molecule has 2 heterocycles. The molecule has 0 spiro atoms. The fourth-order valence-corrected chi connectivity index (χ4v) is 3.55. The zero-order valence-corrected chi connectivity index (χ0v) is 12.6. The molecule has 1 aliphatic carbocycles. The normalized spacial score (nSPS) is 15.6. The zero-order valence-electron chi connectivity index (χ0n) is 12.6. The zero-order chi connectivity index (χ0) is 14.9. The average Bonchev–Trinajstić information content (AvgIpc) is 3.22. The predicted octanol–water partition coefficient (Wildman–Crippen LogP) is 3.81. The number of rotatable bonds is 3. The third kappa shape index (κ3) is 2.37. The molecule has 3 heteroatoms. The van der Waals surface area contributed by atoms with E-state index in [0.29, 0.717) is 6.54 Å². The van der Waals surface area contributed by atoms with Crippen LogP contribution in [-0.4, -0.2) is 8.97 Å². The molecule has 1 aromatic carbocycles. The SMILES string of the molecule is O=c1c2cccn2ccn1Cc1ccc(C2CCCC2)cc1. The molecule has 22 heavy (non-hydrogen) atoms. The highest BCUT2D eigenvalue weighted by Gasteiger charge is 2.16. The molecule has 3 nitrogen and oxygen atoms in total. The van der Waals surface area contributed by atoms with E-state index in [0.717, 1.165) is 11.4 Å². The van der Waals surface area contributed by atoms with Crippen molar-refractivity contribution in [2.45, 2.75) is 38.1 Å². The van der Waals surface area contributed by atoms with Gasteiger partial charge in [-0.3, -0.25) is 4.79 Å². The second-order valence-electron chi connectivity index (χ2n) is 6.25. The summed E-state index contributed by atoms with van der Waals surface area (Å²) in [6, 6.07) is 12.6. The van der Waals surface area contributed by atoms with Crippen LogP contribution in [0.5, 0.6) is 0 Å². The van der Waals surface area contributed by atoms with Gasteiger partial charge in [0.1, 0.15) is 5.52 Å². The Morgan fingerprint density at radius 3 is 2.50 bits per heavy atom. The van der Waals surface area contributed by atoms with E-state index in [1.807, 2.05) is 35.1 Å². The molecule has 0 aliphatic heterocycles. The van der Waals surface area contributed by atoms with Crippen LogP contribution in [0.15, 0.2) is 59.8 Å². The van der Waals surface area contributed by atoms with Crippen molar-refractivity contribution in [3.05, 3.63) is 76.5 Å². The lowest BCUT2D eigenvalue weighted by atomic mass is 9.97. The average molecular weight is 292 g/mol. The lowest BCUT2D eigenvalue weighted by Gasteiger charge is -2.11. The van der Waals surface area contributed by atoms with Gasteiger partial charge >= 0.3 is 0 Å². The molecular weight excluding hydrogens is 272 g/mol. The quantitative estimate of drug-likeness (QED) is 0.721. The van der Waals surface area contributed by atoms with Crippen molar-refractivity contribution < 1.29 is 0 Å². The monoisotopic (exact) mass is 292 g/mol. The van der Waals surface area contributed by atoms with Crippen molar-refractivity contribution >= 4 is 5.52 Å². The standard InChI is InChI=1S/C19H20N2O/c22-19-18-6-3-11-20(18)12-13-21(19)14-15-7-9-17(10-8-15)16-4-1-2-5-16/h3,6-13,16H,1-2,4-5,14H2. The van der Waals surface area contributed by atoms with E-state index >= 15 is 0 Å². The molecule has 1 fully saturated rings. The van der Waals surface area contributed by atoms with Gasteiger partial charge in [-0.15, -0.1) is 0 Å². The summed E-state index contributed by atoms with van der Waals surface area (Å²) in [6.45, 7) is 0.630. The first kappa shape index (κ1) is 13.4. The molecule has 0 saturated heterocycles. The maximum atomic E-state index is 12.4. The number of aromatic nitrogens is 2. The summed E-state index contributed by atoms with van der Waals surface area (Å²) in [7, 11) is 0. The molecule has 1 saturated carbocycles. The van der Waals surface area contributed by atoms with Crippen LogP contribution >= 0.6 is 0 Å². The Hall–Kier alpha value is -2.29. The van der Waals surface area contributed by atoms with Crippen LogP contribution in [0.1, 0.15) is 42.7 Å². The Morgan fingerprint density at radius 1 is 0.955 bits per heavy atom. The summed E-state index contributed by atoms with van der Waals surface area (Å²) in [5, 5.41) is 0. The van der Waals surface area contributed by atoms with Crippen LogP contribution in [0.4, 0.5) is 0 Å². The van der Waals surface area contributed by atoms with E-state index in [1.165, 1.54) is 36.8 Å². The molecule has 1 aliphatic rings. The second kappa shape index (κ2) is 5.48. The third-order valence-electron chi connectivity index (χ3n) is 4.83. The van der Waals surface area contributed by atoms with E-state index in [9.17, 15) is 4.79 Å². The van der Waals surface area contributed by atoms with Gasteiger partial charge in [0.05, 0.1) is 6.54 Å². The van der Waals surface area contributed by atoms with Gasteiger partial charge in [-0.05, 0) is 42.0 Å². The molecule has 112 valence electrons. The number of benzene rings is 1. The van der Waals surface area contributed by atoms with Crippen molar-refractivity contribution in [2.75, 3.05) is 0 Å². The maximum Gasteiger partial charge on any atom is 0.275 e. The maximum absolute atomic E-state index is 12.4. The van der Waals surface area contributed by atoms with Crippen molar-refractivity contribution in [2.24, 2.45) is 0 Å². The van der Waals surface area contributed by atoms with Gasteiger partial charge in [-0.25, -0.2) is 0 Å². The van der Waals surface area contributed by atoms with E-state index in [2.05, 4.69) is 24.3 Å². The van der Waals surface area contributed by atoms with Crippen LogP contribution in [0.3, 0.4) is 0 Å². The molecule has 0 bridgehead atoms. The highest BCUT2D eigenvalue weighted by atomic mass is 16.1. The topological polar surface area (TPSA) is 26.4 Å². The predicted molar refractivity (Wildman–Crippen MR) is 88.4 cm³/mol. The van der Waals surface area contributed by atoms with E-state index in [1.54, 1.807) is 4.57 Å². The van der Waals surface area contributed by atoms with Crippen LogP contribution < -0.4 is 5.56 Å². The highest BCUT2D eigenvalue weighted by Crippen LogP contribution is 2.33. The largest absolute Gasteiger partial charge is 0.318 e. The number of hydrogen-bond donors (Lipinski definition) is 0. The van der Waals surface area contributed by atoms with E-state index < -0.39 is 0 Å². The van der Waals surface area contributed by atoms with Crippen LogP contribution in [0.25, 0.3) is 5.52 Å². The first-order valence-electron chi connectivity index (χ1n) is 8.06. The Kier molecular flexibility index (Phi) is 3.34. The Labute approximate surface area is 129 Å². The second-order valence-corrected chi connectivity index (χ2v) is 6.25. The van der Waals surface area contributed by atoms with Crippen LogP contribution in [0.2, 0.25) is 0 Å². The summed E-state index contributed by atoms with van der Waals surface area (Å²) in [5.41, 5.74) is 3.42. The van der Waals surface area contributed by atoms with Gasteiger partial charge in [0.2, 0.25) is 0 Å². The molecule has 0 amide bonds. The Morgan fingerprint density at radius 2 is 1.73 bits per heavy atom. The Bertz CT molecular complexity index is 836. The summed E-state index contributed by atoms with van der Waals surface area (Å²) >= 11 is 0. The van der Waals surface area contributed by atoms with Crippen LogP contribution in [-0.2, 0) is 6.54 Å². The van der Waals surface area contributed by atoms with Crippen molar-refractivity contribution in [3.63, 3.8) is 0 Å². The molecule has 4 rings (SSSR count). The van der Waals surface area contributed by atoms with Gasteiger partial charge < -0.3 is 8.97 Å². The summed E-state index contributed by atoms with van der Waals surface area (Å²) in [6.07, 6.45) is 11.1. The molecule has 3 aromatic rings. The summed E-state index contributed by atoms with van der Waals surface area (Å²) < 4.78 is 3.64. The van der Waals surface area contributed by atoms with Gasteiger partial charge in [0, 0.05) is 18.6 Å². The molecule has 2 aromatic heterocycles. The minimum Gasteiger partial charge on any atom is -0.318 e. The summed E-state index contributed by atoms with van der Waals surface area (Å²) in [4.78, 5) is 12.4. The summed E-state index contributed by atoms with van der Waals surface area (Å²) in [5.74, 6) is 0.744. The van der Waals surface area contributed by atoms with Gasteiger partial charge in [0.25, 0.3) is 5.56 Å². The smallest absolute Gasteiger partial charge is 0.275 e.